The Balaban J connectivity index is 1.90. The molecule has 1 aliphatic heterocycles. The van der Waals surface area contributed by atoms with Crippen LogP contribution in [-0.4, -0.2) is 161 Å². The second kappa shape index (κ2) is 24.8. The third kappa shape index (κ3) is 18.9. The molecule has 0 saturated heterocycles. The van der Waals surface area contributed by atoms with Gasteiger partial charge < -0.3 is 57.4 Å². The van der Waals surface area contributed by atoms with Crippen molar-refractivity contribution in [3.05, 3.63) is 23.3 Å². The predicted molar refractivity (Wildman–Crippen MR) is 176 cm³/mol. The maximum absolute atomic E-state index is 12.4. The second-order valence-corrected chi connectivity index (χ2v) is 11.5. The van der Waals surface area contributed by atoms with Gasteiger partial charge in [0.2, 0.25) is 0 Å². The van der Waals surface area contributed by atoms with E-state index in [1.165, 1.54) is 26.4 Å². The normalized spacial score (nSPS) is 18.0. The van der Waals surface area contributed by atoms with Gasteiger partial charge in [-0.15, -0.1) is 0 Å². The first kappa shape index (κ1) is 41.9. The molecule has 0 aliphatic carbocycles. The van der Waals surface area contributed by atoms with E-state index in [1.807, 2.05) is 20.8 Å². The van der Waals surface area contributed by atoms with Crippen molar-refractivity contribution in [3.8, 4) is 11.5 Å². The molecule has 0 bridgehead atoms. The lowest BCUT2D eigenvalue weighted by atomic mass is 10.1. The van der Waals surface area contributed by atoms with Crippen molar-refractivity contribution in [2.45, 2.75) is 26.4 Å². The molecule has 1 amide bonds. The SMILES string of the molecule is COC(=O)c1cc2c(cc1C(=O)OC)OCCOCCOCCOCCN(CCNC(=O)OC(C)(C)C)CCOCCOCCOCCO2. The third-order valence-corrected chi connectivity index (χ3v) is 6.55. The first-order valence-electron chi connectivity index (χ1n) is 16.4. The number of hydrogen-bond donors (Lipinski definition) is 1. The summed E-state index contributed by atoms with van der Waals surface area (Å²) in [7, 11) is 2.43. The van der Waals surface area contributed by atoms with Crippen LogP contribution in [-0.2, 0) is 42.6 Å². The van der Waals surface area contributed by atoms with Gasteiger partial charge in [-0.25, -0.2) is 14.4 Å². The zero-order valence-electron chi connectivity index (χ0n) is 29.5. The molecule has 0 spiro atoms. The van der Waals surface area contributed by atoms with Gasteiger partial charge >= 0.3 is 18.0 Å². The van der Waals surface area contributed by atoms with Crippen LogP contribution in [0.15, 0.2) is 12.1 Å². The summed E-state index contributed by atoms with van der Waals surface area (Å²) in [6.07, 6.45) is -0.455. The number of benzene rings is 1. The summed E-state index contributed by atoms with van der Waals surface area (Å²) < 4.78 is 60.6. The lowest BCUT2D eigenvalue weighted by Gasteiger charge is -2.23. The summed E-state index contributed by atoms with van der Waals surface area (Å²) in [6.45, 7) is 12.5. The molecule has 0 atom stereocenters. The minimum Gasteiger partial charge on any atom is -0.487 e. The van der Waals surface area contributed by atoms with Crippen LogP contribution in [0.3, 0.4) is 0 Å². The highest BCUT2D eigenvalue weighted by molar-refractivity contribution is 6.04. The number of carbonyl (C=O) groups is 3. The number of rotatable bonds is 5. The summed E-state index contributed by atoms with van der Waals surface area (Å²) in [5.74, 6) is -1.00. The van der Waals surface area contributed by atoms with E-state index in [0.717, 1.165) is 0 Å². The summed E-state index contributed by atoms with van der Waals surface area (Å²) in [5.41, 5.74) is -0.610. The summed E-state index contributed by atoms with van der Waals surface area (Å²) >= 11 is 0. The van der Waals surface area contributed by atoms with Gasteiger partial charge in [-0.2, -0.15) is 0 Å². The predicted octanol–water partition coefficient (Wildman–Crippen LogP) is 1.96. The maximum atomic E-state index is 12.4. The number of amides is 1. The van der Waals surface area contributed by atoms with Gasteiger partial charge in [-0.05, 0) is 32.9 Å². The fourth-order valence-electron chi connectivity index (χ4n) is 4.20. The van der Waals surface area contributed by atoms with Crippen LogP contribution in [0.2, 0.25) is 0 Å². The molecular weight excluding hydrogens is 648 g/mol. The number of ether oxygens (including phenoxy) is 11. The average Bonchev–Trinajstić information content (AvgIpc) is 3.06. The molecule has 0 saturated carbocycles. The Morgan fingerprint density at radius 3 is 1.37 bits per heavy atom. The fourth-order valence-corrected chi connectivity index (χ4v) is 4.20. The van der Waals surface area contributed by atoms with Crippen molar-refractivity contribution in [2.75, 3.05) is 133 Å². The number of fused-ring (bicyclic) bond motifs is 1. The Bertz CT molecular complexity index is 1030. The van der Waals surface area contributed by atoms with Gasteiger partial charge in [-0.3, -0.25) is 4.90 Å². The molecule has 0 unspecified atom stereocenters. The van der Waals surface area contributed by atoms with Crippen LogP contribution in [0.4, 0.5) is 4.79 Å². The van der Waals surface area contributed by atoms with Crippen LogP contribution in [0.25, 0.3) is 0 Å². The number of alkyl carbamates (subject to hydrolysis) is 1. The number of carbonyl (C=O) groups excluding carboxylic acids is 3. The van der Waals surface area contributed by atoms with Gasteiger partial charge in [0.1, 0.15) is 18.8 Å². The van der Waals surface area contributed by atoms with Crippen molar-refractivity contribution < 1.29 is 66.5 Å². The first-order valence-corrected chi connectivity index (χ1v) is 16.4. The van der Waals surface area contributed by atoms with Crippen molar-refractivity contribution in [3.63, 3.8) is 0 Å². The number of nitrogens with one attached hydrogen (secondary N) is 1. The van der Waals surface area contributed by atoms with Crippen LogP contribution >= 0.6 is 0 Å². The molecule has 0 fully saturated rings. The fraction of sp³-hybridized carbons (Fsp3) is 0.727. The Morgan fingerprint density at radius 1 is 0.633 bits per heavy atom. The van der Waals surface area contributed by atoms with Gasteiger partial charge in [-0.1, -0.05) is 0 Å². The van der Waals surface area contributed by atoms with Crippen LogP contribution in [0, 0.1) is 0 Å². The molecule has 16 heteroatoms. The highest BCUT2D eigenvalue weighted by Gasteiger charge is 2.23. The average molecular weight is 703 g/mol. The molecule has 0 aromatic heterocycles. The van der Waals surface area contributed by atoms with E-state index in [1.54, 1.807) is 0 Å². The van der Waals surface area contributed by atoms with Crippen molar-refractivity contribution in [1.82, 2.24) is 10.2 Å². The van der Waals surface area contributed by atoms with Crippen LogP contribution in [0.5, 0.6) is 11.5 Å². The van der Waals surface area contributed by atoms with Gasteiger partial charge in [0.15, 0.2) is 11.5 Å². The minimum atomic E-state index is -0.727. The molecule has 1 aromatic rings. The topological polar surface area (TPSA) is 168 Å². The zero-order chi connectivity index (χ0) is 35.7. The molecule has 49 heavy (non-hydrogen) atoms. The highest BCUT2D eigenvalue weighted by Crippen LogP contribution is 2.32. The summed E-state index contributed by atoms with van der Waals surface area (Å²) in [6, 6.07) is 2.76. The molecular formula is C33H54N2O14. The first-order chi connectivity index (χ1) is 23.6. The quantitative estimate of drug-likeness (QED) is 0.349. The number of methoxy groups -OCH3 is 2. The minimum absolute atomic E-state index is 0.0242. The van der Waals surface area contributed by atoms with Gasteiger partial charge in [0, 0.05) is 26.2 Å². The lowest BCUT2D eigenvalue weighted by Crippen LogP contribution is -2.40. The maximum Gasteiger partial charge on any atom is 0.407 e. The Hall–Kier alpha value is -3.25. The molecule has 1 aliphatic rings. The summed E-state index contributed by atoms with van der Waals surface area (Å²) in [4.78, 5) is 38.9. The molecule has 280 valence electrons. The zero-order valence-corrected chi connectivity index (χ0v) is 29.5. The van der Waals surface area contributed by atoms with E-state index in [0.29, 0.717) is 92.2 Å². The highest BCUT2D eigenvalue weighted by atomic mass is 16.6. The molecule has 1 heterocycles. The molecule has 16 nitrogen and oxygen atoms in total. The van der Waals surface area contributed by atoms with Crippen LogP contribution in [0.1, 0.15) is 41.5 Å². The largest absolute Gasteiger partial charge is 0.487 e. The number of esters is 2. The smallest absolute Gasteiger partial charge is 0.407 e. The second-order valence-electron chi connectivity index (χ2n) is 11.5. The van der Waals surface area contributed by atoms with E-state index < -0.39 is 23.6 Å². The molecule has 0 radical (unpaired) electrons. The molecule has 1 aromatic carbocycles. The van der Waals surface area contributed by atoms with Crippen molar-refractivity contribution >= 4 is 18.0 Å². The number of nitrogens with zero attached hydrogens (tertiary/aromatic N) is 1. The Morgan fingerprint density at radius 2 is 1.00 bits per heavy atom. The van der Waals surface area contributed by atoms with Gasteiger partial charge in [0.25, 0.3) is 0 Å². The van der Waals surface area contributed by atoms with Crippen molar-refractivity contribution in [1.29, 1.82) is 0 Å². The Kier molecular flexibility index (Phi) is 21.2. The lowest BCUT2D eigenvalue weighted by molar-refractivity contribution is -0.000131. The van der Waals surface area contributed by atoms with Gasteiger partial charge in [0.05, 0.1) is 105 Å². The van der Waals surface area contributed by atoms with E-state index in [4.69, 9.17) is 52.1 Å². The van der Waals surface area contributed by atoms with E-state index >= 15 is 0 Å². The van der Waals surface area contributed by atoms with E-state index in [9.17, 15) is 14.4 Å². The summed E-state index contributed by atoms with van der Waals surface area (Å²) in [5, 5.41) is 2.78. The number of hydrogen-bond acceptors (Lipinski definition) is 15. The molecule has 2 rings (SSSR count). The van der Waals surface area contributed by atoms with E-state index in [-0.39, 0.29) is 49.1 Å². The molecule has 1 N–H and O–H groups in total. The monoisotopic (exact) mass is 702 g/mol. The standard InChI is InChI=1S/C33H54N2O14/c1-33(2,3)49-32(38)34-6-7-35-8-10-41-12-14-43-16-18-45-20-22-47-28-24-26(30(36)39-4)27(31(37)40-5)25-29(28)48-23-21-46-19-17-44-15-13-42-11-9-35/h24-25H,6-23H2,1-5H3,(H,34,38). The van der Waals surface area contributed by atoms with Crippen LogP contribution < -0.4 is 14.8 Å². The van der Waals surface area contributed by atoms with Crippen molar-refractivity contribution in [2.24, 2.45) is 0 Å². The Labute approximate surface area is 288 Å². The third-order valence-electron chi connectivity index (χ3n) is 6.55. The van der Waals surface area contributed by atoms with E-state index in [2.05, 4.69) is 10.2 Å².